The van der Waals surface area contributed by atoms with Gasteiger partial charge in [-0.25, -0.2) is 0 Å². The van der Waals surface area contributed by atoms with E-state index in [1.165, 1.54) is 0 Å². The fourth-order valence-corrected chi connectivity index (χ4v) is 3.42. The molecule has 0 spiro atoms. The molecule has 1 aliphatic carbocycles. The summed E-state index contributed by atoms with van der Waals surface area (Å²) in [6.07, 6.45) is 3.85. The summed E-state index contributed by atoms with van der Waals surface area (Å²) in [7, 11) is 3.19. The van der Waals surface area contributed by atoms with Crippen LogP contribution in [-0.4, -0.2) is 37.3 Å². The van der Waals surface area contributed by atoms with E-state index >= 15 is 0 Å². The number of benzene rings is 1. The number of hydrogen-bond acceptors (Lipinski definition) is 4. The highest BCUT2D eigenvalue weighted by molar-refractivity contribution is 5.97. The summed E-state index contributed by atoms with van der Waals surface area (Å²) in [6.45, 7) is 0.460. The largest absolute Gasteiger partial charge is 0.497 e. The highest BCUT2D eigenvalue weighted by atomic mass is 16.5. The molecule has 0 unspecified atom stereocenters. The van der Waals surface area contributed by atoms with Crippen LogP contribution in [0.5, 0.6) is 5.75 Å². The molecule has 1 amide bonds. The highest BCUT2D eigenvalue weighted by Gasteiger charge is 2.36. The third kappa shape index (κ3) is 3.14. The average molecular weight is 330 g/mol. The molecular weight excluding hydrogens is 308 g/mol. The Balaban J connectivity index is 1.92. The average Bonchev–Trinajstić information content (AvgIpc) is 3.02. The van der Waals surface area contributed by atoms with Crippen molar-refractivity contribution in [2.75, 3.05) is 20.8 Å². The van der Waals surface area contributed by atoms with Gasteiger partial charge in [-0.1, -0.05) is 12.8 Å². The number of ether oxygens (including phenoxy) is 2. The molecule has 6 heteroatoms. The number of methoxy groups -OCH3 is 2. The molecule has 0 saturated heterocycles. The van der Waals surface area contributed by atoms with E-state index < -0.39 is 5.56 Å². The van der Waals surface area contributed by atoms with Gasteiger partial charge in [0, 0.05) is 13.2 Å². The molecule has 1 saturated carbocycles. The Bertz CT molecular complexity index is 806. The fraction of sp³-hybridized carbons (Fsp3) is 0.444. The molecule has 0 radical (unpaired) electrons. The zero-order valence-corrected chi connectivity index (χ0v) is 14.0. The van der Waals surface area contributed by atoms with Crippen molar-refractivity contribution in [1.82, 2.24) is 10.3 Å². The van der Waals surface area contributed by atoms with Gasteiger partial charge in [-0.15, -0.1) is 0 Å². The second kappa shape index (κ2) is 6.65. The van der Waals surface area contributed by atoms with E-state index in [0.29, 0.717) is 17.9 Å². The summed E-state index contributed by atoms with van der Waals surface area (Å²) in [5.74, 6) is 0.299. The van der Waals surface area contributed by atoms with Crippen LogP contribution in [0.25, 0.3) is 10.9 Å². The van der Waals surface area contributed by atoms with E-state index in [9.17, 15) is 9.59 Å². The van der Waals surface area contributed by atoms with E-state index in [-0.39, 0.29) is 17.0 Å². The van der Waals surface area contributed by atoms with Crippen molar-refractivity contribution in [1.29, 1.82) is 0 Å². The third-order valence-electron chi connectivity index (χ3n) is 4.66. The lowest BCUT2D eigenvalue weighted by Gasteiger charge is -2.29. The van der Waals surface area contributed by atoms with Gasteiger partial charge < -0.3 is 19.8 Å². The second-order valence-corrected chi connectivity index (χ2v) is 6.34. The first-order chi connectivity index (χ1) is 11.6. The number of carbonyl (C=O) groups is 1. The number of hydrogen-bond donors (Lipinski definition) is 2. The predicted molar refractivity (Wildman–Crippen MR) is 91.7 cm³/mol. The van der Waals surface area contributed by atoms with E-state index in [0.717, 1.165) is 31.1 Å². The first kappa shape index (κ1) is 16.5. The monoisotopic (exact) mass is 330 g/mol. The Morgan fingerprint density at radius 2 is 2.00 bits per heavy atom. The molecule has 0 atom stereocenters. The van der Waals surface area contributed by atoms with Gasteiger partial charge in [0.15, 0.2) is 0 Å². The zero-order chi connectivity index (χ0) is 17.2. The van der Waals surface area contributed by atoms with Crippen molar-refractivity contribution in [3.8, 4) is 5.75 Å². The molecule has 0 aliphatic heterocycles. The van der Waals surface area contributed by atoms with Crippen molar-refractivity contribution >= 4 is 16.8 Å². The maximum atomic E-state index is 12.7. The summed E-state index contributed by atoms with van der Waals surface area (Å²) < 4.78 is 10.4. The standard InChI is InChI=1S/C18H22N2O4/c1-23-11-18(7-3-4-8-18)20-17(22)14-9-12-5-6-13(24-2)10-15(12)19-16(14)21/h5-6,9-10H,3-4,7-8,11H2,1-2H3,(H,19,21)(H,20,22). The van der Waals surface area contributed by atoms with E-state index in [2.05, 4.69) is 10.3 Å². The number of aromatic amines is 1. The molecule has 0 bridgehead atoms. The molecule has 1 aliphatic rings. The minimum Gasteiger partial charge on any atom is -0.497 e. The molecule has 2 aromatic rings. The van der Waals surface area contributed by atoms with E-state index in [1.807, 2.05) is 6.07 Å². The van der Waals surface area contributed by atoms with Crippen molar-refractivity contribution in [3.05, 3.63) is 40.2 Å². The number of fused-ring (bicyclic) bond motifs is 1. The van der Waals surface area contributed by atoms with Gasteiger partial charge in [0.2, 0.25) is 0 Å². The minimum atomic E-state index is -0.404. The normalized spacial score (nSPS) is 16.2. The summed E-state index contributed by atoms with van der Waals surface area (Å²) >= 11 is 0. The number of pyridine rings is 1. The molecular formula is C18H22N2O4. The Labute approximate surface area is 140 Å². The van der Waals surface area contributed by atoms with Crippen LogP contribution in [0.15, 0.2) is 29.1 Å². The molecule has 3 rings (SSSR count). The number of aromatic nitrogens is 1. The van der Waals surface area contributed by atoms with E-state index in [1.54, 1.807) is 32.4 Å². The maximum Gasteiger partial charge on any atom is 0.261 e. The number of nitrogens with one attached hydrogen (secondary N) is 2. The lowest BCUT2D eigenvalue weighted by molar-refractivity contribution is 0.0766. The number of amides is 1. The van der Waals surface area contributed by atoms with Crippen molar-refractivity contribution in [3.63, 3.8) is 0 Å². The van der Waals surface area contributed by atoms with Gasteiger partial charge in [-0.2, -0.15) is 0 Å². The molecule has 1 aromatic carbocycles. The Morgan fingerprint density at radius 1 is 1.25 bits per heavy atom. The molecule has 6 nitrogen and oxygen atoms in total. The van der Waals surface area contributed by atoms with Gasteiger partial charge in [0.25, 0.3) is 11.5 Å². The molecule has 24 heavy (non-hydrogen) atoms. The predicted octanol–water partition coefficient (Wildman–Crippen LogP) is 2.23. The first-order valence-electron chi connectivity index (χ1n) is 8.09. The van der Waals surface area contributed by atoms with Gasteiger partial charge >= 0.3 is 0 Å². The van der Waals surface area contributed by atoms with E-state index in [4.69, 9.17) is 9.47 Å². The van der Waals surface area contributed by atoms with Crippen LogP contribution in [0.1, 0.15) is 36.0 Å². The lowest BCUT2D eigenvalue weighted by atomic mass is 9.98. The van der Waals surface area contributed by atoms with Crippen molar-refractivity contribution in [2.24, 2.45) is 0 Å². The summed E-state index contributed by atoms with van der Waals surface area (Å²) in [6, 6.07) is 6.98. The smallest absolute Gasteiger partial charge is 0.261 e. The van der Waals surface area contributed by atoms with Crippen LogP contribution in [0.4, 0.5) is 0 Å². The summed E-state index contributed by atoms with van der Waals surface area (Å²) in [4.78, 5) is 27.7. The topological polar surface area (TPSA) is 80.4 Å². The van der Waals surface area contributed by atoms with Crippen LogP contribution in [0, 0.1) is 0 Å². The molecule has 2 N–H and O–H groups in total. The lowest BCUT2D eigenvalue weighted by Crippen LogP contribution is -2.50. The van der Waals surface area contributed by atoms with Crippen molar-refractivity contribution < 1.29 is 14.3 Å². The molecule has 128 valence electrons. The molecule has 1 fully saturated rings. The number of rotatable bonds is 5. The van der Waals surface area contributed by atoms with Gasteiger partial charge in [0.1, 0.15) is 11.3 Å². The highest BCUT2D eigenvalue weighted by Crippen LogP contribution is 2.30. The van der Waals surface area contributed by atoms with Crippen LogP contribution in [0.2, 0.25) is 0 Å². The van der Waals surface area contributed by atoms with Gasteiger partial charge in [-0.05, 0) is 36.4 Å². The number of H-pyrrole nitrogens is 1. The first-order valence-corrected chi connectivity index (χ1v) is 8.09. The molecule has 1 heterocycles. The molecule has 1 aromatic heterocycles. The quantitative estimate of drug-likeness (QED) is 0.881. The van der Waals surface area contributed by atoms with Crippen LogP contribution in [0.3, 0.4) is 0 Å². The van der Waals surface area contributed by atoms with Gasteiger partial charge in [0.05, 0.1) is 24.8 Å². The fourth-order valence-electron chi connectivity index (χ4n) is 3.42. The van der Waals surface area contributed by atoms with Crippen LogP contribution in [-0.2, 0) is 4.74 Å². The van der Waals surface area contributed by atoms with Gasteiger partial charge in [-0.3, -0.25) is 9.59 Å². The SMILES string of the molecule is COCC1(NC(=O)c2cc3ccc(OC)cc3[nH]c2=O)CCCC1. The van der Waals surface area contributed by atoms with Crippen LogP contribution >= 0.6 is 0 Å². The van der Waals surface area contributed by atoms with Crippen LogP contribution < -0.4 is 15.6 Å². The number of carbonyl (C=O) groups excluding carboxylic acids is 1. The summed E-state index contributed by atoms with van der Waals surface area (Å²) in [5.41, 5.74) is -0.00937. The summed E-state index contributed by atoms with van der Waals surface area (Å²) in [5, 5.41) is 3.81. The zero-order valence-electron chi connectivity index (χ0n) is 14.0. The Hall–Kier alpha value is -2.34. The Kier molecular flexibility index (Phi) is 4.57. The second-order valence-electron chi connectivity index (χ2n) is 6.34. The Morgan fingerprint density at radius 3 is 2.67 bits per heavy atom. The maximum absolute atomic E-state index is 12.7. The van der Waals surface area contributed by atoms with Crippen molar-refractivity contribution in [2.45, 2.75) is 31.2 Å². The third-order valence-corrected chi connectivity index (χ3v) is 4.66. The minimum absolute atomic E-state index is 0.120.